The Morgan fingerprint density at radius 3 is 2.64 bits per heavy atom. The summed E-state index contributed by atoms with van der Waals surface area (Å²) in [5, 5.41) is 8.68. The minimum Gasteiger partial charge on any atom is -0.300 e. The third kappa shape index (κ3) is 2.04. The standard InChI is InChI=1S/C9H13NO/c1-2-8(11)3-4-9(7-10)5-6-9/h2-6H2,1H3. The first-order valence-corrected chi connectivity index (χ1v) is 4.15. The van der Waals surface area contributed by atoms with Gasteiger partial charge in [-0.3, -0.25) is 4.79 Å². The Morgan fingerprint density at radius 1 is 1.64 bits per heavy atom. The van der Waals surface area contributed by atoms with Crippen molar-refractivity contribution in [3.05, 3.63) is 0 Å². The Kier molecular flexibility index (Phi) is 2.28. The molecule has 2 nitrogen and oxygen atoms in total. The van der Waals surface area contributed by atoms with Crippen LogP contribution in [-0.2, 0) is 4.79 Å². The van der Waals surface area contributed by atoms with Crippen LogP contribution in [0.1, 0.15) is 39.0 Å². The van der Waals surface area contributed by atoms with E-state index in [0.29, 0.717) is 12.8 Å². The molecule has 0 bridgehead atoms. The third-order valence-corrected chi connectivity index (χ3v) is 2.37. The number of nitrogens with zero attached hydrogens (tertiary/aromatic N) is 1. The van der Waals surface area contributed by atoms with E-state index in [9.17, 15) is 4.79 Å². The molecule has 0 N–H and O–H groups in total. The maximum atomic E-state index is 10.9. The van der Waals surface area contributed by atoms with E-state index in [1.54, 1.807) is 0 Å². The van der Waals surface area contributed by atoms with Crippen LogP contribution in [0.5, 0.6) is 0 Å². The number of ketones is 1. The van der Waals surface area contributed by atoms with Gasteiger partial charge in [0.05, 0.1) is 11.5 Å². The van der Waals surface area contributed by atoms with Crippen molar-refractivity contribution in [2.45, 2.75) is 39.0 Å². The molecule has 0 atom stereocenters. The third-order valence-electron chi connectivity index (χ3n) is 2.37. The summed E-state index contributed by atoms with van der Waals surface area (Å²) in [5.41, 5.74) is -0.0924. The molecule has 1 rings (SSSR count). The highest BCUT2D eigenvalue weighted by molar-refractivity contribution is 5.78. The van der Waals surface area contributed by atoms with Crippen molar-refractivity contribution in [1.29, 1.82) is 5.26 Å². The second-order valence-corrected chi connectivity index (χ2v) is 3.28. The highest BCUT2D eigenvalue weighted by Gasteiger charge is 2.42. The van der Waals surface area contributed by atoms with Gasteiger partial charge in [0.1, 0.15) is 5.78 Å². The molecular formula is C9H13NO. The number of carbonyl (C=O) groups is 1. The van der Waals surface area contributed by atoms with Crippen LogP contribution in [0.25, 0.3) is 0 Å². The van der Waals surface area contributed by atoms with Crippen LogP contribution in [-0.4, -0.2) is 5.78 Å². The van der Waals surface area contributed by atoms with E-state index in [2.05, 4.69) is 6.07 Å². The van der Waals surface area contributed by atoms with E-state index in [0.717, 1.165) is 19.3 Å². The van der Waals surface area contributed by atoms with Gasteiger partial charge in [-0.25, -0.2) is 0 Å². The number of hydrogen-bond donors (Lipinski definition) is 0. The second-order valence-electron chi connectivity index (χ2n) is 3.28. The van der Waals surface area contributed by atoms with Gasteiger partial charge in [-0.1, -0.05) is 6.92 Å². The molecule has 0 radical (unpaired) electrons. The number of carbonyl (C=O) groups excluding carboxylic acids is 1. The molecule has 0 amide bonds. The number of nitriles is 1. The quantitative estimate of drug-likeness (QED) is 0.617. The summed E-state index contributed by atoms with van der Waals surface area (Å²) >= 11 is 0. The Hall–Kier alpha value is -0.840. The molecule has 0 aliphatic heterocycles. The SMILES string of the molecule is CCC(=O)CCC1(C#N)CC1. The van der Waals surface area contributed by atoms with E-state index >= 15 is 0 Å². The molecule has 0 aromatic heterocycles. The number of hydrogen-bond acceptors (Lipinski definition) is 2. The Labute approximate surface area is 67.2 Å². The lowest BCUT2D eigenvalue weighted by Gasteiger charge is -2.01. The van der Waals surface area contributed by atoms with Gasteiger partial charge in [0.25, 0.3) is 0 Å². The number of rotatable bonds is 4. The normalized spacial score (nSPS) is 18.9. The van der Waals surface area contributed by atoms with Crippen molar-refractivity contribution in [1.82, 2.24) is 0 Å². The summed E-state index contributed by atoms with van der Waals surface area (Å²) in [6.07, 6.45) is 4.00. The summed E-state index contributed by atoms with van der Waals surface area (Å²) in [4.78, 5) is 10.9. The lowest BCUT2D eigenvalue weighted by Crippen LogP contribution is -2.02. The molecule has 0 aromatic rings. The van der Waals surface area contributed by atoms with Crippen molar-refractivity contribution in [2.75, 3.05) is 0 Å². The molecule has 1 saturated carbocycles. The lowest BCUT2D eigenvalue weighted by molar-refractivity contribution is -0.119. The van der Waals surface area contributed by atoms with Crippen LogP contribution in [0.2, 0.25) is 0 Å². The van der Waals surface area contributed by atoms with Crippen LogP contribution < -0.4 is 0 Å². The van der Waals surface area contributed by atoms with Gasteiger partial charge in [-0.15, -0.1) is 0 Å². The van der Waals surface area contributed by atoms with Crippen LogP contribution in [0, 0.1) is 16.7 Å². The fourth-order valence-electron chi connectivity index (χ4n) is 1.12. The molecule has 0 heterocycles. The van der Waals surface area contributed by atoms with Gasteiger partial charge < -0.3 is 0 Å². The average Bonchev–Trinajstić information content (AvgIpc) is 2.81. The molecular weight excluding hydrogens is 138 g/mol. The summed E-state index contributed by atoms with van der Waals surface area (Å²) < 4.78 is 0. The highest BCUT2D eigenvalue weighted by Crippen LogP contribution is 2.48. The van der Waals surface area contributed by atoms with Crippen molar-refractivity contribution in [2.24, 2.45) is 5.41 Å². The Morgan fingerprint density at radius 2 is 2.27 bits per heavy atom. The van der Waals surface area contributed by atoms with Crippen molar-refractivity contribution in [3.8, 4) is 6.07 Å². The van der Waals surface area contributed by atoms with Gasteiger partial charge in [-0.05, 0) is 19.3 Å². The summed E-state index contributed by atoms with van der Waals surface area (Å²) in [5.74, 6) is 0.284. The van der Waals surface area contributed by atoms with E-state index < -0.39 is 0 Å². The minimum absolute atomic E-state index is 0.0924. The lowest BCUT2D eigenvalue weighted by atomic mass is 10.00. The zero-order valence-corrected chi connectivity index (χ0v) is 6.89. The number of Topliss-reactive ketones (excluding diaryl/α,β-unsaturated/α-hetero) is 1. The maximum Gasteiger partial charge on any atom is 0.132 e. The molecule has 0 aromatic carbocycles. The molecule has 11 heavy (non-hydrogen) atoms. The smallest absolute Gasteiger partial charge is 0.132 e. The van der Waals surface area contributed by atoms with Crippen molar-refractivity contribution < 1.29 is 4.79 Å². The predicted octanol–water partition coefficient (Wildman–Crippen LogP) is 2.05. The summed E-state index contributed by atoms with van der Waals surface area (Å²) in [6, 6.07) is 2.28. The fraction of sp³-hybridized carbons (Fsp3) is 0.778. The first kappa shape index (κ1) is 8.26. The molecule has 60 valence electrons. The largest absolute Gasteiger partial charge is 0.300 e. The van der Waals surface area contributed by atoms with Gasteiger partial charge in [-0.2, -0.15) is 5.26 Å². The predicted molar refractivity (Wildman–Crippen MR) is 41.8 cm³/mol. The molecule has 1 fully saturated rings. The van der Waals surface area contributed by atoms with Crippen molar-refractivity contribution >= 4 is 5.78 Å². The fourth-order valence-corrected chi connectivity index (χ4v) is 1.12. The molecule has 1 aliphatic rings. The monoisotopic (exact) mass is 151 g/mol. The van der Waals surface area contributed by atoms with Gasteiger partial charge in [0.15, 0.2) is 0 Å². The highest BCUT2D eigenvalue weighted by atomic mass is 16.1. The first-order valence-electron chi connectivity index (χ1n) is 4.15. The second kappa shape index (κ2) is 3.04. The van der Waals surface area contributed by atoms with Crippen LogP contribution >= 0.6 is 0 Å². The Bertz CT molecular complexity index is 198. The van der Waals surface area contributed by atoms with Crippen LogP contribution in [0.4, 0.5) is 0 Å². The molecule has 0 saturated heterocycles. The van der Waals surface area contributed by atoms with Gasteiger partial charge in [0.2, 0.25) is 0 Å². The van der Waals surface area contributed by atoms with Gasteiger partial charge in [0, 0.05) is 12.8 Å². The van der Waals surface area contributed by atoms with Gasteiger partial charge >= 0.3 is 0 Å². The molecule has 2 heteroatoms. The van der Waals surface area contributed by atoms with E-state index in [-0.39, 0.29) is 11.2 Å². The van der Waals surface area contributed by atoms with Crippen LogP contribution in [0.3, 0.4) is 0 Å². The average molecular weight is 151 g/mol. The van der Waals surface area contributed by atoms with E-state index in [1.807, 2.05) is 6.92 Å². The topological polar surface area (TPSA) is 40.9 Å². The summed E-state index contributed by atoms with van der Waals surface area (Å²) in [7, 11) is 0. The Balaban J connectivity index is 2.23. The van der Waals surface area contributed by atoms with E-state index in [1.165, 1.54) is 0 Å². The molecule has 1 aliphatic carbocycles. The maximum absolute atomic E-state index is 10.9. The zero-order valence-electron chi connectivity index (χ0n) is 6.89. The minimum atomic E-state index is -0.0924. The van der Waals surface area contributed by atoms with Crippen LogP contribution in [0.15, 0.2) is 0 Å². The van der Waals surface area contributed by atoms with Crippen molar-refractivity contribution in [3.63, 3.8) is 0 Å². The summed E-state index contributed by atoms with van der Waals surface area (Å²) in [6.45, 7) is 1.87. The zero-order chi connectivity index (χ0) is 8.32. The first-order chi connectivity index (χ1) is 5.22. The molecule has 0 spiro atoms. The molecule has 0 unspecified atom stereocenters. The van der Waals surface area contributed by atoms with E-state index in [4.69, 9.17) is 5.26 Å².